The molecular weight excluding hydrogens is 290 g/mol. The predicted octanol–water partition coefficient (Wildman–Crippen LogP) is 3.46. The van der Waals surface area contributed by atoms with Crippen molar-refractivity contribution in [1.29, 1.82) is 0 Å². The van der Waals surface area contributed by atoms with Gasteiger partial charge in [0.05, 0.1) is 6.42 Å². The largest absolute Gasteiger partial charge is 0.353 e. The number of rotatable bonds is 6. The van der Waals surface area contributed by atoms with E-state index in [9.17, 15) is 4.79 Å². The van der Waals surface area contributed by atoms with Gasteiger partial charge in [0.15, 0.2) is 0 Å². The standard InChI is InChI=1S/C15H22BrNO/c1-11(2)14(8-9-16)17-15(18)10-13-7-5-4-6-12(13)3/h4-7,11,14H,8-10H2,1-3H3,(H,17,18). The highest BCUT2D eigenvalue weighted by molar-refractivity contribution is 9.09. The van der Waals surface area contributed by atoms with Crippen molar-refractivity contribution < 1.29 is 4.79 Å². The fourth-order valence-electron chi connectivity index (χ4n) is 1.93. The molecule has 2 nitrogen and oxygen atoms in total. The summed E-state index contributed by atoms with van der Waals surface area (Å²) < 4.78 is 0. The minimum absolute atomic E-state index is 0.115. The van der Waals surface area contributed by atoms with Gasteiger partial charge in [0.1, 0.15) is 0 Å². The number of carbonyl (C=O) groups excluding carboxylic acids is 1. The van der Waals surface area contributed by atoms with Crippen LogP contribution in [0.1, 0.15) is 31.4 Å². The molecule has 0 aliphatic heterocycles. The lowest BCUT2D eigenvalue weighted by Gasteiger charge is -2.21. The first-order valence-electron chi connectivity index (χ1n) is 6.44. The molecule has 0 saturated heterocycles. The van der Waals surface area contributed by atoms with Gasteiger partial charge in [-0.3, -0.25) is 4.79 Å². The van der Waals surface area contributed by atoms with E-state index in [1.54, 1.807) is 0 Å². The van der Waals surface area contributed by atoms with Gasteiger partial charge in [0.25, 0.3) is 0 Å². The van der Waals surface area contributed by atoms with Crippen LogP contribution >= 0.6 is 15.9 Å². The van der Waals surface area contributed by atoms with Crippen LogP contribution in [0.3, 0.4) is 0 Å². The molecule has 0 spiro atoms. The molecule has 1 N–H and O–H groups in total. The number of hydrogen-bond donors (Lipinski definition) is 1. The lowest BCUT2D eigenvalue weighted by molar-refractivity contribution is -0.121. The van der Waals surface area contributed by atoms with Crippen molar-refractivity contribution in [2.24, 2.45) is 5.92 Å². The molecule has 100 valence electrons. The Bertz CT molecular complexity index is 390. The molecule has 1 aromatic carbocycles. The van der Waals surface area contributed by atoms with Gasteiger partial charge < -0.3 is 5.32 Å². The third-order valence-electron chi connectivity index (χ3n) is 3.18. The molecule has 1 atom stereocenters. The van der Waals surface area contributed by atoms with Crippen LogP contribution in [0, 0.1) is 12.8 Å². The van der Waals surface area contributed by atoms with E-state index >= 15 is 0 Å². The topological polar surface area (TPSA) is 29.1 Å². The van der Waals surface area contributed by atoms with Gasteiger partial charge in [-0.25, -0.2) is 0 Å². The lowest BCUT2D eigenvalue weighted by atomic mass is 10.0. The van der Waals surface area contributed by atoms with Gasteiger partial charge in [-0.2, -0.15) is 0 Å². The molecular formula is C15H22BrNO. The molecule has 0 radical (unpaired) electrons. The van der Waals surface area contributed by atoms with Gasteiger partial charge >= 0.3 is 0 Å². The fraction of sp³-hybridized carbons (Fsp3) is 0.533. The van der Waals surface area contributed by atoms with Gasteiger partial charge in [-0.05, 0) is 30.4 Å². The molecule has 1 aromatic rings. The Labute approximate surface area is 118 Å². The summed E-state index contributed by atoms with van der Waals surface area (Å²) in [5.41, 5.74) is 2.28. The second-order valence-corrected chi connectivity index (χ2v) is 5.79. The van der Waals surface area contributed by atoms with Crippen molar-refractivity contribution in [3.63, 3.8) is 0 Å². The zero-order chi connectivity index (χ0) is 13.5. The first-order valence-corrected chi connectivity index (χ1v) is 7.56. The highest BCUT2D eigenvalue weighted by Gasteiger charge is 2.15. The molecule has 3 heteroatoms. The summed E-state index contributed by atoms with van der Waals surface area (Å²) in [5.74, 6) is 0.576. The average molecular weight is 312 g/mol. The Morgan fingerprint density at radius 3 is 2.56 bits per heavy atom. The van der Waals surface area contributed by atoms with E-state index in [1.165, 1.54) is 5.56 Å². The molecule has 1 amide bonds. The van der Waals surface area contributed by atoms with Crippen molar-refractivity contribution in [3.05, 3.63) is 35.4 Å². The zero-order valence-corrected chi connectivity index (χ0v) is 13.0. The van der Waals surface area contributed by atoms with Crippen molar-refractivity contribution in [3.8, 4) is 0 Å². The van der Waals surface area contributed by atoms with Crippen LogP contribution in [0.15, 0.2) is 24.3 Å². The molecule has 0 heterocycles. The van der Waals surface area contributed by atoms with E-state index in [1.807, 2.05) is 31.2 Å². The first-order chi connectivity index (χ1) is 8.54. The summed E-state index contributed by atoms with van der Waals surface area (Å²) in [4.78, 5) is 12.0. The maximum atomic E-state index is 12.0. The van der Waals surface area contributed by atoms with Gasteiger partial charge in [-0.15, -0.1) is 0 Å². The fourth-order valence-corrected chi connectivity index (χ4v) is 2.42. The maximum Gasteiger partial charge on any atom is 0.224 e. The summed E-state index contributed by atoms with van der Waals surface area (Å²) >= 11 is 3.44. The monoisotopic (exact) mass is 311 g/mol. The number of hydrogen-bond acceptors (Lipinski definition) is 1. The number of alkyl halides is 1. The SMILES string of the molecule is Cc1ccccc1CC(=O)NC(CCBr)C(C)C. The minimum Gasteiger partial charge on any atom is -0.353 e. The van der Waals surface area contributed by atoms with Crippen LogP contribution in [-0.4, -0.2) is 17.3 Å². The predicted molar refractivity (Wildman–Crippen MR) is 80.1 cm³/mol. The Kier molecular flexibility index (Phi) is 6.41. The number of nitrogens with one attached hydrogen (secondary N) is 1. The van der Waals surface area contributed by atoms with Gasteiger partial charge in [-0.1, -0.05) is 54.0 Å². The Morgan fingerprint density at radius 1 is 1.33 bits per heavy atom. The van der Waals surface area contributed by atoms with E-state index in [0.29, 0.717) is 12.3 Å². The first kappa shape index (κ1) is 15.2. The Morgan fingerprint density at radius 2 is 2.00 bits per heavy atom. The van der Waals surface area contributed by atoms with E-state index < -0.39 is 0 Å². The second kappa shape index (κ2) is 7.57. The summed E-state index contributed by atoms with van der Waals surface area (Å²) in [7, 11) is 0. The van der Waals surface area contributed by atoms with Crippen LogP contribution in [0.2, 0.25) is 0 Å². The van der Waals surface area contributed by atoms with Gasteiger partial charge in [0, 0.05) is 11.4 Å². The van der Waals surface area contributed by atoms with Crippen molar-refractivity contribution in [2.75, 3.05) is 5.33 Å². The van der Waals surface area contributed by atoms with Crippen LogP contribution in [0.5, 0.6) is 0 Å². The normalized spacial score (nSPS) is 12.5. The Balaban J connectivity index is 2.58. The molecule has 0 fully saturated rings. The summed E-state index contributed by atoms with van der Waals surface area (Å²) in [6, 6.07) is 8.29. The number of amides is 1. The van der Waals surface area contributed by atoms with Crippen LogP contribution in [-0.2, 0) is 11.2 Å². The number of aryl methyl sites for hydroxylation is 1. The van der Waals surface area contributed by atoms with E-state index in [0.717, 1.165) is 17.3 Å². The maximum absolute atomic E-state index is 12.0. The van der Waals surface area contributed by atoms with E-state index in [2.05, 4.69) is 35.1 Å². The van der Waals surface area contributed by atoms with Crippen LogP contribution in [0.4, 0.5) is 0 Å². The van der Waals surface area contributed by atoms with Gasteiger partial charge in [0.2, 0.25) is 5.91 Å². The molecule has 1 rings (SSSR count). The third kappa shape index (κ3) is 4.81. The molecule has 0 aliphatic rings. The minimum atomic E-state index is 0.115. The van der Waals surface area contributed by atoms with Crippen LogP contribution in [0.25, 0.3) is 0 Å². The van der Waals surface area contributed by atoms with Crippen molar-refractivity contribution >= 4 is 21.8 Å². The summed E-state index contributed by atoms with van der Waals surface area (Å²) in [6.45, 7) is 6.32. The molecule has 0 saturated carbocycles. The smallest absolute Gasteiger partial charge is 0.224 e. The molecule has 18 heavy (non-hydrogen) atoms. The number of carbonyl (C=O) groups is 1. The third-order valence-corrected chi connectivity index (χ3v) is 3.64. The lowest BCUT2D eigenvalue weighted by Crippen LogP contribution is -2.39. The molecule has 0 aliphatic carbocycles. The van der Waals surface area contributed by atoms with Crippen molar-refractivity contribution in [1.82, 2.24) is 5.32 Å². The molecule has 0 bridgehead atoms. The summed E-state index contributed by atoms with van der Waals surface area (Å²) in [5, 5.41) is 4.04. The molecule has 1 unspecified atom stereocenters. The number of benzene rings is 1. The van der Waals surface area contributed by atoms with Crippen molar-refractivity contribution in [2.45, 2.75) is 39.7 Å². The average Bonchev–Trinajstić information content (AvgIpc) is 2.31. The van der Waals surface area contributed by atoms with E-state index in [-0.39, 0.29) is 11.9 Å². The quantitative estimate of drug-likeness (QED) is 0.801. The zero-order valence-electron chi connectivity index (χ0n) is 11.4. The Hall–Kier alpha value is -0.830. The number of halogens is 1. The highest BCUT2D eigenvalue weighted by Crippen LogP contribution is 2.10. The summed E-state index contributed by atoms with van der Waals surface area (Å²) in [6.07, 6.45) is 1.44. The van der Waals surface area contributed by atoms with E-state index in [4.69, 9.17) is 0 Å². The molecule has 0 aromatic heterocycles. The highest BCUT2D eigenvalue weighted by atomic mass is 79.9. The second-order valence-electron chi connectivity index (χ2n) is 5.00. The van der Waals surface area contributed by atoms with Crippen LogP contribution < -0.4 is 5.32 Å².